The van der Waals surface area contributed by atoms with Crippen LogP contribution in [0.5, 0.6) is 0 Å². The molecule has 0 bridgehead atoms. The summed E-state index contributed by atoms with van der Waals surface area (Å²) >= 11 is 0. The Morgan fingerprint density at radius 1 is 1.26 bits per heavy atom. The van der Waals surface area contributed by atoms with E-state index >= 15 is 0 Å². The first-order valence-electron chi connectivity index (χ1n) is 7.07. The molecule has 0 unspecified atom stereocenters. The van der Waals surface area contributed by atoms with E-state index in [1.54, 1.807) is 13.3 Å². The van der Waals surface area contributed by atoms with Gasteiger partial charge in [-0.1, -0.05) is 12.8 Å². The molecule has 1 aliphatic rings. The highest BCUT2D eigenvalue weighted by atomic mass is 16.5. The molecule has 2 heterocycles. The molecule has 1 N–H and O–H groups in total. The number of nitrogens with one attached hydrogen (secondary N) is 1. The summed E-state index contributed by atoms with van der Waals surface area (Å²) in [6.45, 7) is 3.69. The van der Waals surface area contributed by atoms with E-state index in [1.807, 2.05) is 0 Å². The smallest absolute Gasteiger partial charge is 0.244 e. The number of hydrogen-bond donors (Lipinski definition) is 1. The Hall–Kier alpha value is -1.43. The van der Waals surface area contributed by atoms with Crippen LogP contribution in [0.4, 0.5) is 11.8 Å². The first-order chi connectivity index (χ1) is 9.40. The molecular formula is C13H23N5O. The van der Waals surface area contributed by atoms with Crippen molar-refractivity contribution in [3.63, 3.8) is 0 Å². The maximum absolute atomic E-state index is 5.01. The summed E-state index contributed by atoms with van der Waals surface area (Å²) in [6.07, 6.45) is 7.80. The van der Waals surface area contributed by atoms with E-state index in [4.69, 9.17) is 4.74 Å². The van der Waals surface area contributed by atoms with Crippen molar-refractivity contribution in [3.05, 3.63) is 6.20 Å². The molecule has 0 aliphatic carbocycles. The predicted octanol–water partition coefficient (Wildman–Crippen LogP) is 1.70. The molecule has 6 nitrogen and oxygen atoms in total. The molecule has 0 saturated carbocycles. The second-order valence-corrected chi connectivity index (χ2v) is 4.81. The van der Waals surface area contributed by atoms with Crippen molar-refractivity contribution in [3.8, 4) is 0 Å². The highest BCUT2D eigenvalue weighted by molar-refractivity contribution is 5.40. The molecule has 6 heteroatoms. The molecular weight excluding hydrogens is 242 g/mol. The Morgan fingerprint density at radius 3 is 2.79 bits per heavy atom. The summed E-state index contributed by atoms with van der Waals surface area (Å²) in [6, 6.07) is 0. The molecule has 0 radical (unpaired) electrons. The van der Waals surface area contributed by atoms with Crippen LogP contribution >= 0.6 is 0 Å². The molecule has 1 aliphatic heterocycles. The van der Waals surface area contributed by atoms with Crippen molar-refractivity contribution >= 4 is 11.8 Å². The van der Waals surface area contributed by atoms with E-state index in [0.717, 1.165) is 38.5 Å². The van der Waals surface area contributed by atoms with Gasteiger partial charge >= 0.3 is 0 Å². The summed E-state index contributed by atoms with van der Waals surface area (Å²) in [5, 5.41) is 11.2. The monoisotopic (exact) mass is 265 g/mol. The zero-order valence-corrected chi connectivity index (χ0v) is 11.6. The van der Waals surface area contributed by atoms with Gasteiger partial charge in [-0.15, -0.1) is 5.10 Å². The van der Waals surface area contributed by atoms with Crippen LogP contribution in [-0.2, 0) is 4.74 Å². The Kier molecular flexibility index (Phi) is 5.81. The molecule has 1 fully saturated rings. The fraction of sp³-hybridized carbons (Fsp3) is 0.769. The fourth-order valence-corrected chi connectivity index (χ4v) is 2.24. The van der Waals surface area contributed by atoms with Crippen molar-refractivity contribution in [2.75, 3.05) is 43.6 Å². The van der Waals surface area contributed by atoms with Crippen LogP contribution in [-0.4, -0.2) is 48.5 Å². The molecule has 1 aromatic heterocycles. The van der Waals surface area contributed by atoms with Crippen LogP contribution in [0.25, 0.3) is 0 Å². The number of rotatable bonds is 6. The lowest BCUT2D eigenvalue weighted by molar-refractivity contribution is 0.197. The predicted molar refractivity (Wildman–Crippen MR) is 75.5 cm³/mol. The van der Waals surface area contributed by atoms with E-state index in [0.29, 0.717) is 5.95 Å². The molecule has 0 aromatic carbocycles. The van der Waals surface area contributed by atoms with Gasteiger partial charge in [-0.05, 0) is 19.3 Å². The number of anilines is 2. The summed E-state index contributed by atoms with van der Waals surface area (Å²) in [5.41, 5.74) is 0. The number of nitrogens with zero attached hydrogens (tertiary/aromatic N) is 4. The molecule has 0 atom stereocenters. The standard InChI is InChI=1S/C13H23N5O/c1-19-10-6-7-14-13-16-12(11-15-17-13)18-8-4-2-3-5-9-18/h11H,2-10H2,1H3,(H,14,16,17). The molecule has 19 heavy (non-hydrogen) atoms. The third-order valence-corrected chi connectivity index (χ3v) is 3.28. The van der Waals surface area contributed by atoms with Gasteiger partial charge in [-0.3, -0.25) is 0 Å². The summed E-state index contributed by atoms with van der Waals surface area (Å²) in [5.74, 6) is 1.55. The van der Waals surface area contributed by atoms with Gasteiger partial charge in [0.25, 0.3) is 0 Å². The van der Waals surface area contributed by atoms with Crippen molar-refractivity contribution in [2.24, 2.45) is 0 Å². The van der Waals surface area contributed by atoms with E-state index in [-0.39, 0.29) is 0 Å². The van der Waals surface area contributed by atoms with Gasteiger partial charge in [0.2, 0.25) is 5.95 Å². The Bertz CT molecular complexity index is 366. The number of methoxy groups -OCH3 is 1. The minimum absolute atomic E-state index is 0.609. The Labute approximate surface area is 114 Å². The molecule has 1 aromatic rings. The van der Waals surface area contributed by atoms with Gasteiger partial charge in [0, 0.05) is 33.4 Å². The van der Waals surface area contributed by atoms with Crippen LogP contribution < -0.4 is 10.2 Å². The third-order valence-electron chi connectivity index (χ3n) is 3.28. The SMILES string of the molecule is COCCCNc1nncc(N2CCCCCC2)n1. The molecule has 1 saturated heterocycles. The van der Waals surface area contributed by atoms with Gasteiger partial charge < -0.3 is 15.0 Å². The van der Waals surface area contributed by atoms with Crippen LogP contribution in [0.1, 0.15) is 32.1 Å². The summed E-state index contributed by atoms with van der Waals surface area (Å²) in [7, 11) is 1.71. The van der Waals surface area contributed by atoms with Crippen molar-refractivity contribution < 1.29 is 4.74 Å². The molecule has 0 amide bonds. The lowest BCUT2D eigenvalue weighted by Gasteiger charge is -2.20. The number of ether oxygens (including phenoxy) is 1. The van der Waals surface area contributed by atoms with E-state index in [1.165, 1.54) is 25.7 Å². The molecule has 106 valence electrons. The summed E-state index contributed by atoms with van der Waals surface area (Å²) in [4.78, 5) is 6.84. The Morgan fingerprint density at radius 2 is 2.05 bits per heavy atom. The zero-order chi connectivity index (χ0) is 13.3. The normalized spacial score (nSPS) is 16.2. The van der Waals surface area contributed by atoms with Gasteiger partial charge in [-0.25, -0.2) is 0 Å². The van der Waals surface area contributed by atoms with Crippen LogP contribution in [0.2, 0.25) is 0 Å². The first-order valence-corrected chi connectivity index (χ1v) is 7.07. The number of aromatic nitrogens is 3. The second-order valence-electron chi connectivity index (χ2n) is 4.81. The Balaban J connectivity index is 1.90. The minimum Gasteiger partial charge on any atom is -0.385 e. The zero-order valence-electron chi connectivity index (χ0n) is 11.6. The third kappa shape index (κ3) is 4.63. The summed E-state index contributed by atoms with van der Waals surface area (Å²) < 4.78 is 5.01. The van der Waals surface area contributed by atoms with Gasteiger partial charge in [-0.2, -0.15) is 10.1 Å². The average Bonchev–Trinajstić information content (AvgIpc) is 2.73. The van der Waals surface area contributed by atoms with Crippen molar-refractivity contribution in [1.82, 2.24) is 15.2 Å². The highest BCUT2D eigenvalue weighted by Gasteiger charge is 2.12. The maximum Gasteiger partial charge on any atom is 0.244 e. The minimum atomic E-state index is 0.609. The molecule has 0 spiro atoms. The molecule has 2 rings (SSSR count). The largest absolute Gasteiger partial charge is 0.385 e. The van der Waals surface area contributed by atoms with Crippen LogP contribution in [0, 0.1) is 0 Å². The van der Waals surface area contributed by atoms with Gasteiger partial charge in [0.05, 0.1) is 6.20 Å². The quantitative estimate of drug-likeness (QED) is 0.790. The van der Waals surface area contributed by atoms with Gasteiger partial charge in [0.15, 0.2) is 5.82 Å². The highest BCUT2D eigenvalue weighted by Crippen LogP contribution is 2.16. The number of hydrogen-bond acceptors (Lipinski definition) is 6. The lowest BCUT2D eigenvalue weighted by atomic mass is 10.2. The van der Waals surface area contributed by atoms with Crippen molar-refractivity contribution in [2.45, 2.75) is 32.1 Å². The average molecular weight is 265 g/mol. The first kappa shape index (κ1) is 14.0. The fourth-order valence-electron chi connectivity index (χ4n) is 2.24. The van der Waals surface area contributed by atoms with E-state index < -0.39 is 0 Å². The second kappa shape index (κ2) is 7.89. The topological polar surface area (TPSA) is 63.2 Å². The van der Waals surface area contributed by atoms with Gasteiger partial charge in [0.1, 0.15) is 0 Å². The maximum atomic E-state index is 5.01. The lowest BCUT2D eigenvalue weighted by Crippen LogP contribution is -2.25. The van der Waals surface area contributed by atoms with Crippen LogP contribution in [0.3, 0.4) is 0 Å². The van der Waals surface area contributed by atoms with E-state index in [9.17, 15) is 0 Å². The van der Waals surface area contributed by atoms with Crippen LogP contribution in [0.15, 0.2) is 6.20 Å². The van der Waals surface area contributed by atoms with Crippen molar-refractivity contribution in [1.29, 1.82) is 0 Å². The van der Waals surface area contributed by atoms with E-state index in [2.05, 4.69) is 25.4 Å².